The largest absolute Gasteiger partial charge is 0.366 e. The van der Waals surface area contributed by atoms with E-state index in [1.54, 1.807) is 19.3 Å². The smallest absolute Gasteiger partial charge is 0.220 e. The van der Waals surface area contributed by atoms with Crippen molar-refractivity contribution in [2.24, 2.45) is 0 Å². The highest BCUT2D eigenvalue weighted by Crippen LogP contribution is 2.34. The maximum atomic E-state index is 11.8. The second-order valence-corrected chi connectivity index (χ2v) is 6.14. The van der Waals surface area contributed by atoms with Crippen LogP contribution in [0.3, 0.4) is 0 Å². The van der Waals surface area contributed by atoms with E-state index in [-0.39, 0.29) is 11.9 Å². The molecule has 0 bridgehead atoms. The van der Waals surface area contributed by atoms with Crippen LogP contribution in [0, 0.1) is 0 Å². The molecule has 21 heavy (non-hydrogen) atoms. The number of anilines is 1. The van der Waals surface area contributed by atoms with Crippen LogP contribution in [0.4, 0.5) is 5.82 Å². The molecule has 1 N–H and O–H groups in total. The first-order chi connectivity index (χ1) is 10.3. The van der Waals surface area contributed by atoms with Crippen molar-refractivity contribution in [2.75, 3.05) is 11.9 Å². The zero-order chi connectivity index (χ0) is 14.7. The van der Waals surface area contributed by atoms with Crippen LogP contribution in [0.1, 0.15) is 63.6 Å². The molecule has 114 valence electrons. The molecule has 0 aromatic carbocycles. The maximum absolute atomic E-state index is 11.8. The van der Waals surface area contributed by atoms with Crippen molar-refractivity contribution in [3.05, 3.63) is 18.1 Å². The third-order valence-electron chi connectivity index (χ3n) is 4.65. The molecular formula is C16H24N4O. The molecule has 1 aromatic rings. The fourth-order valence-electron chi connectivity index (χ4n) is 3.57. The number of hydrogen-bond acceptors (Lipinski definition) is 4. The molecule has 5 heteroatoms. The van der Waals surface area contributed by atoms with Crippen LogP contribution in [0.5, 0.6) is 0 Å². The molecule has 1 aliphatic heterocycles. The first-order valence-corrected chi connectivity index (χ1v) is 8.10. The Kier molecular flexibility index (Phi) is 4.36. The zero-order valence-electron chi connectivity index (χ0n) is 12.7. The normalized spacial score (nSPS) is 23.3. The van der Waals surface area contributed by atoms with Crippen molar-refractivity contribution >= 4 is 11.7 Å². The minimum Gasteiger partial charge on any atom is -0.366 e. The van der Waals surface area contributed by atoms with Crippen LogP contribution >= 0.6 is 0 Å². The van der Waals surface area contributed by atoms with Crippen LogP contribution in [0.15, 0.2) is 12.4 Å². The summed E-state index contributed by atoms with van der Waals surface area (Å²) in [6.07, 6.45) is 11.8. The monoisotopic (exact) mass is 288 g/mol. The third kappa shape index (κ3) is 3.17. The Morgan fingerprint density at radius 2 is 1.90 bits per heavy atom. The summed E-state index contributed by atoms with van der Waals surface area (Å²) in [4.78, 5) is 22.8. The highest BCUT2D eigenvalue weighted by Gasteiger charge is 2.31. The number of likely N-dealkylation sites (tertiary alicyclic amines) is 1. The lowest BCUT2D eigenvalue weighted by Crippen LogP contribution is -2.30. The minimum absolute atomic E-state index is 0.0855. The molecule has 1 aliphatic carbocycles. The van der Waals surface area contributed by atoms with E-state index in [1.807, 2.05) is 4.90 Å². The van der Waals surface area contributed by atoms with E-state index in [1.165, 1.54) is 32.1 Å². The van der Waals surface area contributed by atoms with Gasteiger partial charge in [-0.05, 0) is 25.7 Å². The Bertz CT molecular complexity index is 499. The van der Waals surface area contributed by atoms with E-state index in [0.29, 0.717) is 6.04 Å². The summed E-state index contributed by atoms with van der Waals surface area (Å²) in [5.74, 6) is 1.01. The molecule has 0 spiro atoms. The topological polar surface area (TPSA) is 58.1 Å². The molecular weight excluding hydrogens is 264 g/mol. The van der Waals surface area contributed by atoms with Crippen LogP contribution in [0.2, 0.25) is 0 Å². The predicted octanol–water partition coefficient (Wildman–Crippen LogP) is 2.90. The summed E-state index contributed by atoms with van der Waals surface area (Å²) in [6, 6.07) is 0.587. The molecule has 2 aliphatic rings. The van der Waals surface area contributed by atoms with Crippen molar-refractivity contribution < 1.29 is 4.79 Å². The lowest BCUT2D eigenvalue weighted by Gasteiger charge is -2.27. The van der Waals surface area contributed by atoms with E-state index in [4.69, 9.17) is 0 Å². The lowest BCUT2D eigenvalue weighted by atomic mass is 9.95. The van der Waals surface area contributed by atoms with Crippen LogP contribution in [-0.4, -0.2) is 33.4 Å². The molecule has 1 aromatic heterocycles. The van der Waals surface area contributed by atoms with Gasteiger partial charge in [0.25, 0.3) is 0 Å². The van der Waals surface area contributed by atoms with Gasteiger partial charge in [0.05, 0.1) is 6.04 Å². The number of carbonyl (C=O) groups excluding carboxylic acids is 1. The minimum atomic E-state index is 0.0855. The quantitative estimate of drug-likeness (QED) is 0.929. The van der Waals surface area contributed by atoms with Gasteiger partial charge in [0.2, 0.25) is 5.91 Å². The highest BCUT2D eigenvalue weighted by molar-refractivity contribution is 5.74. The van der Waals surface area contributed by atoms with E-state index < -0.39 is 0 Å². The molecule has 1 saturated carbocycles. The molecule has 2 fully saturated rings. The van der Waals surface area contributed by atoms with E-state index in [2.05, 4.69) is 15.3 Å². The SMILES string of the molecule is CC(=O)N1CCC[C@H]1c1nccnc1NC1CCCCC1. The lowest BCUT2D eigenvalue weighted by molar-refractivity contribution is -0.129. The van der Waals surface area contributed by atoms with Gasteiger partial charge in [0.1, 0.15) is 11.5 Å². The Morgan fingerprint density at radius 3 is 2.67 bits per heavy atom. The number of hydrogen-bond donors (Lipinski definition) is 1. The van der Waals surface area contributed by atoms with Gasteiger partial charge in [-0.1, -0.05) is 19.3 Å². The van der Waals surface area contributed by atoms with Crippen LogP contribution < -0.4 is 5.32 Å². The Morgan fingerprint density at radius 1 is 1.14 bits per heavy atom. The summed E-state index contributed by atoms with van der Waals surface area (Å²) in [7, 11) is 0. The summed E-state index contributed by atoms with van der Waals surface area (Å²) in [6.45, 7) is 2.47. The van der Waals surface area contributed by atoms with Gasteiger partial charge >= 0.3 is 0 Å². The number of aromatic nitrogens is 2. The first-order valence-electron chi connectivity index (χ1n) is 8.10. The maximum Gasteiger partial charge on any atom is 0.220 e. The predicted molar refractivity (Wildman–Crippen MR) is 81.9 cm³/mol. The van der Waals surface area contributed by atoms with Crippen molar-refractivity contribution in [1.82, 2.24) is 14.9 Å². The molecule has 0 unspecified atom stereocenters. The number of amides is 1. The summed E-state index contributed by atoms with van der Waals surface area (Å²) in [5.41, 5.74) is 0.941. The number of nitrogens with zero attached hydrogens (tertiary/aromatic N) is 3. The number of carbonyl (C=O) groups is 1. The molecule has 1 amide bonds. The Hall–Kier alpha value is -1.65. The van der Waals surface area contributed by atoms with Gasteiger partial charge in [-0.3, -0.25) is 9.78 Å². The van der Waals surface area contributed by atoms with Gasteiger partial charge < -0.3 is 10.2 Å². The van der Waals surface area contributed by atoms with Gasteiger partial charge in [-0.15, -0.1) is 0 Å². The highest BCUT2D eigenvalue weighted by atomic mass is 16.2. The van der Waals surface area contributed by atoms with Gasteiger partial charge in [0.15, 0.2) is 0 Å². The zero-order valence-corrected chi connectivity index (χ0v) is 12.7. The molecule has 1 atom stereocenters. The van der Waals surface area contributed by atoms with Gasteiger partial charge in [-0.2, -0.15) is 0 Å². The average molecular weight is 288 g/mol. The standard InChI is InChI=1S/C16H24N4O/c1-12(21)20-11-5-8-14(20)15-16(18-10-9-17-15)19-13-6-3-2-4-7-13/h9-10,13-14H,2-8,11H2,1H3,(H,18,19)/t14-/m0/s1. The summed E-state index contributed by atoms with van der Waals surface area (Å²) >= 11 is 0. The van der Waals surface area contributed by atoms with Gasteiger partial charge in [0, 0.05) is 31.9 Å². The second kappa shape index (κ2) is 6.41. The molecule has 1 saturated heterocycles. The number of nitrogens with one attached hydrogen (secondary N) is 1. The van der Waals surface area contributed by atoms with Crippen molar-refractivity contribution in [3.63, 3.8) is 0 Å². The average Bonchev–Trinajstić information content (AvgIpc) is 2.98. The van der Waals surface area contributed by atoms with E-state index in [0.717, 1.165) is 30.9 Å². The molecule has 3 rings (SSSR count). The molecule has 5 nitrogen and oxygen atoms in total. The van der Waals surface area contributed by atoms with Crippen LogP contribution in [0.25, 0.3) is 0 Å². The third-order valence-corrected chi connectivity index (χ3v) is 4.65. The fourth-order valence-corrected chi connectivity index (χ4v) is 3.57. The number of rotatable bonds is 3. The summed E-state index contributed by atoms with van der Waals surface area (Å²) < 4.78 is 0. The van der Waals surface area contributed by atoms with Crippen molar-refractivity contribution in [1.29, 1.82) is 0 Å². The Labute approximate surface area is 126 Å². The fraction of sp³-hybridized carbons (Fsp3) is 0.688. The van der Waals surface area contributed by atoms with Gasteiger partial charge in [-0.25, -0.2) is 4.98 Å². The van der Waals surface area contributed by atoms with E-state index in [9.17, 15) is 4.79 Å². The Balaban J connectivity index is 1.80. The van der Waals surface area contributed by atoms with Crippen molar-refractivity contribution in [2.45, 2.75) is 64.0 Å². The van der Waals surface area contributed by atoms with Crippen LogP contribution in [-0.2, 0) is 4.79 Å². The molecule has 2 heterocycles. The van der Waals surface area contributed by atoms with E-state index >= 15 is 0 Å². The summed E-state index contributed by atoms with van der Waals surface area (Å²) in [5, 5.41) is 3.57. The first kappa shape index (κ1) is 14.3. The second-order valence-electron chi connectivity index (χ2n) is 6.14. The van der Waals surface area contributed by atoms with Crippen molar-refractivity contribution in [3.8, 4) is 0 Å². The molecule has 0 radical (unpaired) electrons.